The van der Waals surface area contributed by atoms with Crippen LogP contribution in [-0.2, 0) is 9.59 Å². The lowest BCUT2D eigenvalue weighted by molar-refractivity contribution is -0.140. The van der Waals surface area contributed by atoms with Gasteiger partial charge in [0.25, 0.3) is 0 Å². The molecule has 1 heterocycles. The predicted octanol–water partition coefficient (Wildman–Crippen LogP) is 2.72. The molecule has 1 fully saturated rings. The summed E-state index contributed by atoms with van der Waals surface area (Å²) in [5.41, 5.74) is 2.08. The number of rotatable bonds is 4. The first-order valence-corrected chi connectivity index (χ1v) is 8.96. The Bertz CT molecular complexity index is 763. The normalized spacial score (nSPS) is 27.7. The van der Waals surface area contributed by atoms with Crippen molar-refractivity contribution in [2.75, 3.05) is 13.2 Å². The lowest BCUT2D eigenvalue weighted by Crippen LogP contribution is -2.34. The summed E-state index contributed by atoms with van der Waals surface area (Å²) in [6, 6.07) is 19.7. The molecule has 4 heteroatoms. The maximum absolute atomic E-state index is 13.1. The maximum atomic E-state index is 13.1. The molecule has 132 valence electrons. The molecular formula is C22H21NO3. The molecule has 4 nitrogen and oxygen atoms in total. The van der Waals surface area contributed by atoms with Crippen LogP contribution < -0.4 is 0 Å². The molecular weight excluding hydrogens is 326 g/mol. The van der Waals surface area contributed by atoms with Gasteiger partial charge in [-0.15, -0.1) is 0 Å². The number of aliphatic hydroxyl groups excluding tert-OH is 1. The molecule has 1 aliphatic carbocycles. The van der Waals surface area contributed by atoms with Crippen molar-refractivity contribution in [2.45, 2.75) is 11.8 Å². The number of amides is 2. The largest absolute Gasteiger partial charge is 0.395 e. The lowest BCUT2D eigenvalue weighted by atomic mass is 9.68. The van der Waals surface area contributed by atoms with Crippen molar-refractivity contribution < 1.29 is 14.7 Å². The van der Waals surface area contributed by atoms with E-state index in [-0.39, 0.29) is 36.8 Å². The number of β-amino-alcohol motifs (C(OH)–C–C–N with tert-alkyl or cyclic N) is 1. The van der Waals surface area contributed by atoms with Crippen LogP contribution in [0.5, 0.6) is 0 Å². The van der Waals surface area contributed by atoms with E-state index in [4.69, 9.17) is 0 Å². The van der Waals surface area contributed by atoms with E-state index < -0.39 is 11.8 Å². The zero-order chi connectivity index (χ0) is 18.1. The van der Waals surface area contributed by atoms with Crippen molar-refractivity contribution in [3.63, 3.8) is 0 Å². The molecule has 0 spiro atoms. The average molecular weight is 347 g/mol. The summed E-state index contributed by atoms with van der Waals surface area (Å²) in [7, 11) is 0. The van der Waals surface area contributed by atoms with Gasteiger partial charge in [-0.05, 0) is 11.1 Å². The molecule has 1 N–H and O–H groups in total. The molecule has 0 saturated carbocycles. The number of hydrogen-bond acceptors (Lipinski definition) is 3. The van der Waals surface area contributed by atoms with E-state index >= 15 is 0 Å². The van der Waals surface area contributed by atoms with Gasteiger partial charge in [0, 0.05) is 11.8 Å². The van der Waals surface area contributed by atoms with Gasteiger partial charge in [-0.3, -0.25) is 14.5 Å². The first-order valence-electron chi connectivity index (χ1n) is 8.96. The molecule has 2 aliphatic rings. The molecule has 1 saturated heterocycles. The van der Waals surface area contributed by atoms with Crippen LogP contribution in [0.3, 0.4) is 0 Å². The van der Waals surface area contributed by atoms with Crippen LogP contribution in [0.15, 0.2) is 72.8 Å². The average Bonchev–Trinajstić information content (AvgIpc) is 2.95. The van der Waals surface area contributed by atoms with Gasteiger partial charge in [0.05, 0.1) is 25.0 Å². The Labute approximate surface area is 152 Å². The smallest absolute Gasteiger partial charge is 0.234 e. The third-order valence-corrected chi connectivity index (χ3v) is 5.48. The zero-order valence-corrected chi connectivity index (χ0v) is 14.4. The van der Waals surface area contributed by atoms with Gasteiger partial charge in [0.2, 0.25) is 11.8 Å². The fourth-order valence-electron chi connectivity index (χ4n) is 4.32. The summed E-state index contributed by atoms with van der Waals surface area (Å²) < 4.78 is 0. The number of allylic oxidation sites excluding steroid dienone is 2. The SMILES string of the molecule is O=C1[C@@H]2[C@H](C(=O)N1CCO)[C@H](c1ccccc1)C=C[C@@H]2c1ccccc1. The number of likely N-dealkylation sites (tertiary alicyclic amines) is 1. The minimum absolute atomic E-state index is 0.0632. The van der Waals surface area contributed by atoms with Gasteiger partial charge in [-0.2, -0.15) is 0 Å². The van der Waals surface area contributed by atoms with Crippen LogP contribution in [0.1, 0.15) is 23.0 Å². The number of carbonyl (C=O) groups excluding carboxylic acids is 2. The molecule has 0 aromatic heterocycles. The van der Waals surface area contributed by atoms with Crippen molar-refractivity contribution in [3.05, 3.63) is 83.9 Å². The maximum Gasteiger partial charge on any atom is 0.234 e. The fraction of sp³-hybridized carbons (Fsp3) is 0.273. The van der Waals surface area contributed by atoms with Crippen LogP contribution in [0.25, 0.3) is 0 Å². The molecule has 2 amide bonds. The van der Waals surface area contributed by atoms with Crippen LogP contribution in [0.4, 0.5) is 0 Å². The lowest BCUT2D eigenvalue weighted by Gasteiger charge is -2.32. The second-order valence-corrected chi connectivity index (χ2v) is 6.86. The summed E-state index contributed by atoms with van der Waals surface area (Å²) in [5, 5.41) is 9.30. The van der Waals surface area contributed by atoms with Crippen LogP contribution >= 0.6 is 0 Å². The van der Waals surface area contributed by atoms with Crippen molar-refractivity contribution in [1.82, 2.24) is 4.90 Å². The first-order chi connectivity index (χ1) is 12.7. The number of nitrogens with zero attached hydrogens (tertiary/aromatic N) is 1. The predicted molar refractivity (Wildman–Crippen MR) is 98.3 cm³/mol. The minimum Gasteiger partial charge on any atom is -0.395 e. The summed E-state index contributed by atoms with van der Waals surface area (Å²) in [6.45, 7) is -0.149. The van der Waals surface area contributed by atoms with Gasteiger partial charge in [0.1, 0.15) is 0 Å². The number of hydrogen-bond donors (Lipinski definition) is 1. The van der Waals surface area contributed by atoms with Crippen LogP contribution in [-0.4, -0.2) is 35.0 Å². The molecule has 0 bridgehead atoms. The minimum atomic E-state index is -0.424. The third-order valence-electron chi connectivity index (χ3n) is 5.48. The number of imide groups is 1. The summed E-state index contributed by atoms with van der Waals surface area (Å²) >= 11 is 0. The summed E-state index contributed by atoms with van der Waals surface area (Å²) in [6.07, 6.45) is 4.14. The molecule has 1 aliphatic heterocycles. The molecule has 26 heavy (non-hydrogen) atoms. The number of fused-ring (bicyclic) bond motifs is 1. The molecule has 0 radical (unpaired) electrons. The van der Waals surface area contributed by atoms with E-state index in [1.807, 2.05) is 60.7 Å². The molecule has 2 aromatic rings. The Morgan fingerprint density at radius 2 is 1.15 bits per heavy atom. The highest BCUT2D eigenvalue weighted by molar-refractivity contribution is 6.06. The molecule has 4 atom stereocenters. The Balaban J connectivity index is 1.80. The Morgan fingerprint density at radius 3 is 1.54 bits per heavy atom. The number of benzene rings is 2. The highest BCUT2D eigenvalue weighted by atomic mass is 16.3. The first kappa shape index (κ1) is 16.7. The van der Waals surface area contributed by atoms with Gasteiger partial charge in [0.15, 0.2) is 0 Å². The molecule has 4 rings (SSSR count). The van der Waals surface area contributed by atoms with Gasteiger partial charge in [-0.1, -0.05) is 72.8 Å². The van der Waals surface area contributed by atoms with E-state index in [0.717, 1.165) is 11.1 Å². The Hall–Kier alpha value is -2.72. The summed E-state index contributed by atoms with van der Waals surface area (Å²) in [4.78, 5) is 27.4. The van der Waals surface area contributed by atoms with Gasteiger partial charge >= 0.3 is 0 Å². The standard InChI is InChI=1S/C22H21NO3/c24-14-13-23-21(25)19-17(15-7-3-1-4-8-15)11-12-18(20(19)22(23)26)16-9-5-2-6-10-16/h1-12,17-20,24H,13-14H2/t17-,18+,19+,20-. The molecule has 2 aromatic carbocycles. The van der Waals surface area contributed by atoms with E-state index in [9.17, 15) is 14.7 Å². The highest BCUT2D eigenvalue weighted by Crippen LogP contribution is 2.49. The van der Waals surface area contributed by atoms with E-state index in [0.29, 0.717) is 0 Å². The van der Waals surface area contributed by atoms with Crippen LogP contribution in [0.2, 0.25) is 0 Å². The van der Waals surface area contributed by atoms with Crippen LogP contribution in [0, 0.1) is 11.8 Å². The van der Waals surface area contributed by atoms with E-state index in [2.05, 4.69) is 12.2 Å². The van der Waals surface area contributed by atoms with Gasteiger partial charge in [-0.25, -0.2) is 0 Å². The second kappa shape index (κ2) is 6.89. The Kier molecular flexibility index (Phi) is 4.43. The monoisotopic (exact) mass is 347 g/mol. The van der Waals surface area contributed by atoms with Crippen molar-refractivity contribution in [2.24, 2.45) is 11.8 Å². The topological polar surface area (TPSA) is 57.6 Å². The van der Waals surface area contributed by atoms with Crippen molar-refractivity contribution in [3.8, 4) is 0 Å². The third kappa shape index (κ3) is 2.67. The number of aliphatic hydroxyl groups is 1. The quantitative estimate of drug-likeness (QED) is 0.683. The Morgan fingerprint density at radius 1 is 0.731 bits per heavy atom. The fourth-order valence-corrected chi connectivity index (χ4v) is 4.32. The summed E-state index contributed by atoms with van der Waals surface area (Å²) in [5.74, 6) is -1.44. The van der Waals surface area contributed by atoms with Crippen molar-refractivity contribution in [1.29, 1.82) is 0 Å². The molecule has 0 unspecified atom stereocenters. The van der Waals surface area contributed by atoms with Crippen molar-refractivity contribution >= 4 is 11.8 Å². The zero-order valence-electron chi connectivity index (χ0n) is 14.4. The van der Waals surface area contributed by atoms with E-state index in [1.165, 1.54) is 4.90 Å². The number of carbonyl (C=O) groups is 2. The highest BCUT2D eigenvalue weighted by Gasteiger charge is 2.54. The van der Waals surface area contributed by atoms with Gasteiger partial charge < -0.3 is 5.11 Å². The second-order valence-electron chi connectivity index (χ2n) is 6.86. The van der Waals surface area contributed by atoms with E-state index in [1.54, 1.807) is 0 Å².